The van der Waals surface area contributed by atoms with Crippen molar-refractivity contribution < 1.29 is 13.2 Å². The Kier molecular flexibility index (Phi) is 2.53. The summed E-state index contributed by atoms with van der Waals surface area (Å²) in [7, 11) is -3.35. The van der Waals surface area contributed by atoms with Crippen LogP contribution in [-0.2, 0) is 15.6 Å². The van der Waals surface area contributed by atoms with E-state index in [4.69, 9.17) is 4.74 Å². The third-order valence-electron chi connectivity index (χ3n) is 3.62. The molecule has 0 aliphatic carbocycles. The van der Waals surface area contributed by atoms with E-state index in [1.54, 1.807) is 0 Å². The molecular weight excluding hydrogens is 252 g/mol. The normalized spacial score (nSPS) is 29.2. The molecule has 0 aromatic heterocycles. The summed E-state index contributed by atoms with van der Waals surface area (Å²) in [6.07, 6.45) is 2.19. The molecule has 1 aromatic rings. The third kappa shape index (κ3) is 1.95. The van der Waals surface area contributed by atoms with Gasteiger partial charge in [-0.25, -0.2) is 8.42 Å². The second-order valence-corrected chi connectivity index (χ2v) is 6.72. The quantitative estimate of drug-likeness (QED) is 0.807. The van der Waals surface area contributed by atoms with E-state index in [1.165, 1.54) is 0 Å². The average Bonchev–Trinajstić information content (AvgIpc) is 2.75. The van der Waals surface area contributed by atoms with E-state index in [0.717, 1.165) is 24.9 Å². The summed E-state index contributed by atoms with van der Waals surface area (Å²) in [4.78, 5) is 0. The lowest BCUT2D eigenvalue weighted by Crippen LogP contribution is -2.33. The molecule has 1 fully saturated rings. The Bertz CT molecular complexity index is 577. The van der Waals surface area contributed by atoms with Crippen LogP contribution in [0.5, 0.6) is 5.75 Å². The van der Waals surface area contributed by atoms with Gasteiger partial charge in [0.1, 0.15) is 5.75 Å². The van der Waals surface area contributed by atoms with Gasteiger partial charge < -0.3 is 10.1 Å². The summed E-state index contributed by atoms with van der Waals surface area (Å²) in [6.45, 7) is 3.13. The van der Waals surface area contributed by atoms with E-state index >= 15 is 0 Å². The Labute approximate surface area is 107 Å². The second-order valence-electron chi connectivity index (χ2n) is 5.05. The summed E-state index contributed by atoms with van der Waals surface area (Å²) in [5.74, 6) is 0.282. The molecule has 3 rings (SSSR count). The van der Waals surface area contributed by atoms with E-state index in [-0.39, 0.29) is 11.5 Å². The third-order valence-corrected chi connectivity index (χ3v) is 4.58. The Morgan fingerprint density at radius 1 is 1.39 bits per heavy atom. The fraction of sp³-hybridized carbons (Fsp3) is 0.500. The van der Waals surface area contributed by atoms with Gasteiger partial charge in [0.15, 0.2) is 0 Å². The Morgan fingerprint density at radius 3 is 2.94 bits per heavy atom. The van der Waals surface area contributed by atoms with Crippen LogP contribution >= 0.6 is 0 Å². The topological polar surface area (TPSA) is 67.4 Å². The molecule has 6 heteroatoms. The van der Waals surface area contributed by atoms with Crippen molar-refractivity contribution in [1.29, 1.82) is 0 Å². The molecule has 1 unspecified atom stereocenters. The molecule has 18 heavy (non-hydrogen) atoms. The number of fused-ring (bicyclic) bond motifs is 1. The van der Waals surface area contributed by atoms with Crippen LogP contribution in [0.2, 0.25) is 0 Å². The molecule has 2 N–H and O–H groups in total. The first-order valence-corrected chi connectivity index (χ1v) is 7.67. The minimum Gasteiger partial charge on any atom is -0.474 e. The molecule has 2 aliphatic heterocycles. The molecule has 0 bridgehead atoms. The van der Waals surface area contributed by atoms with Crippen molar-refractivity contribution in [3.05, 3.63) is 23.8 Å². The van der Waals surface area contributed by atoms with Crippen molar-refractivity contribution in [3.63, 3.8) is 0 Å². The summed E-state index contributed by atoms with van der Waals surface area (Å²) < 4.78 is 30.7. The highest BCUT2D eigenvalue weighted by atomic mass is 32.2. The number of anilines is 1. The maximum atomic E-state index is 11.5. The summed E-state index contributed by atoms with van der Waals surface area (Å²) in [5.41, 5.74) is 1.55. The Balaban J connectivity index is 2.00. The zero-order chi connectivity index (χ0) is 12.8. The van der Waals surface area contributed by atoms with Gasteiger partial charge in [-0.05, 0) is 44.0 Å². The Morgan fingerprint density at radius 2 is 2.22 bits per heavy atom. The van der Waals surface area contributed by atoms with E-state index in [0.29, 0.717) is 11.4 Å². The van der Waals surface area contributed by atoms with Gasteiger partial charge in [0.2, 0.25) is 5.94 Å². The highest BCUT2D eigenvalue weighted by Gasteiger charge is 2.31. The van der Waals surface area contributed by atoms with Crippen LogP contribution in [-0.4, -0.2) is 20.9 Å². The lowest BCUT2D eigenvalue weighted by atomic mass is 9.90. The standard InChI is InChI=1S/C12H16N2O3S/c1-12(5-2-6-13-12)9-3-4-11-10(7-9)14-18(15,16)8-17-11/h3-4,7,13-14H,2,5-6,8H2,1H3. The number of ether oxygens (including phenoxy) is 1. The van der Waals surface area contributed by atoms with Gasteiger partial charge in [-0.2, -0.15) is 0 Å². The van der Waals surface area contributed by atoms with Gasteiger partial charge in [-0.15, -0.1) is 0 Å². The first kappa shape index (κ1) is 11.8. The van der Waals surface area contributed by atoms with E-state index in [2.05, 4.69) is 17.0 Å². The number of sulfonamides is 1. The number of benzene rings is 1. The molecule has 0 amide bonds. The predicted molar refractivity (Wildman–Crippen MR) is 69.1 cm³/mol. The van der Waals surface area contributed by atoms with Crippen LogP contribution in [0, 0.1) is 0 Å². The van der Waals surface area contributed by atoms with Gasteiger partial charge in [-0.1, -0.05) is 6.07 Å². The van der Waals surface area contributed by atoms with Crippen molar-refractivity contribution in [3.8, 4) is 5.75 Å². The molecule has 0 spiro atoms. The van der Waals surface area contributed by atoms with Crippen LogP contribution in [0.15, 0.2) is 18.2 Å². The van der Waals surface area contributed by atoms with Gasteiger partial charge in [0.25, 0.3) is 10.0 Å². The van der Waals surface area contributed by atoms with E-state index in [1.807, 2.05) is 18.2 Å². The number of hydrogen-bond donors (Lipinski definition) is 2. The first-order chi connectivity index (χ1) is 8.49. The second kappa shape index (κ2) is 3.86. The maximum Gasteiger partial charge on any atom is 0.268 e. The van der Waals surface area contributed by atoms with Gasteiger partial charge in [0.05, 0.1) is 5.69 Å². The van der Waals surface area contributed by atoms with Crippen LogP contribution in [0.25, 0.3) is 0 Å². The monoisotopic (exact) mass is 268 g/mol. The largest absolute Gasteiger partial charge is 0.474 e. The predicted octanol–water partition coefficient (Wildman–Crippen LogP) is 1.38. The molecule has 0 saturated carbocycles. The van der Waals surface area contributed by atoms with Crippen molar-refractivity contribution in [1.82, 2.24) is 5.32 Å². The Hall–Kier alpha value is -1.27. The molecule has 1 aromatic carbocycles. The molecule has 98 valence electrons. The molecular formula is C12H16N2O3S. The van der Waals surface area contributed by atoms with Crippen molar-refractivity contribution >= 4 is 15.7 Å². The van der Waals surface area contributed by atoms with Gasteiger partial charge >= 0.3 is 0 Å². The molecule has 2 heterocycles. The summed E-state index contributed by atoms with van der Waals surface area (Å²) in [5, 5.41) is 3.46. The molecule has 1 atom stereocenters. The number of rotatable bonds is 1. The van der Waals surface area contributed by atoms with Gasteiger partial charge in [0, 0.05) is 5.54 Å². The minimum absolute atomic E-state index is 0.0715. The lowest BCUT2D eigenvalue weighted by Gasteiger charge is -2.27. The number of hydrogen-bond acceptors (Lipinski definition) is 4. The first-order valence-electron chi connectivity index (χ1n) is 6.01. The van der Waals surface area contributed by atoms with Crippen LogP contribution in [0.4, 0.5) is 5.69 Å². The van der Waals surface area contributed by atoms with Crippen LogP contribution in [0.1, 0.15) is 25.3 Å². The van der Waals surface area contributed by atoms with Crippen molar-refractivity contribution in [2.75, 3.05) is 17.2 Å². The fourth-order valence-electron chi connectivity index (χ4n) is 2.56. The van der Waals surface area contributed by atoms with E-state index < -0.39 is 10.0 Å². The fourth-order valence-corrected chi connectivity index (χ4v) is 3.39. The molecule has 1 saturated heterocycles. The van der Waals surface area contributed by atoms with Crippen molar-refractivity contribution in [2.45, 2.75) is 25.3 Å². The van der Waals surface area contributed by atoms with Crippen molar-refractivity contribution in [2.24, 2.45) is 0 Å². The zero-order valence-corrected chi connectivity index (χ0v) is 11.0. The SMILES string of the molecule is CC1(c2ccc3c(c2)NS(=O)(=O)CO3)CCCN1. The number of nitrogens with one attached hydrogen (secondary N) is 2. The maximum absolute atomic E-state index is 11.5. The van der Waals surface area contributed by atoms with Gasteiger partial charge in [-0.3, -0.25) is 4.72 Å². The summed E-state index contributed by atoms with van der Waals surface area (Å²) >= 11 is 0. The van der Waals surface area contributed by atoms with E-state index in [9.17, 15) is 8.42 Å². The highest BCUT2D eigenvalue weighted by molar-refractivity contribution is 7.92. The molecule has 0 radical (unpaired) electrons. The minimum atomic E-state index is -3.35. The van der Waals surface area contributed by atoms with Crippen LogP contribution < -0.4 is 14.8 Å². The molecule has 5 nitrogen and oxygen atoms in total. The molecule has 2 aliphatic rings. The summed E-state index contributed by atoms with van der Waals surface area (Å²) in [6, 6.07) is 5.69. The zero-order valence-electron chi connectivity index (χ0n) is 10.2. The van der Waals surface area contributed by atoms with Crippen LogP contribution in [0.3, 0.4) is 0 Å². The average molecular weight is 268 g/mol. The highest BCUT2D eigenvalue weighted by Crippen LogP contribution is 2.37. The lowest BCUT2D eigenvalue weighted by molar-refractivity contribution is 0.373. The smallest absolute Gasteiger partial charge is 0.268 e.